The largest absolute Gasteiger partial charge is 0.359 e. The molecule has 1 fully saturated rings. The molecule has 0 radical (unpaired) electrons. The summed E-state index contributed by atoms with van der Waals surface area (Å²) < 4.78 is 5.34. The van der Waals surface area contributed by atoms with E-state index < -0.39 is 0 Å². The van der Waals surface area contributed by atoms with E-state index in [1.807, 2.05) is 30.3 Å². The maximum absolute atomic E-state index is 11.7. The van der Waals surface area contributed by atoms with Crippen molar-refractivity contribution in [2.24, 2.45) is 0 Å². The molecule has 3 heteroatoms. The van der Waals surface area contributed by atoms with Crippen LogP contribution in [0.5, 0.6) is 0 Å². The zero-order chi connectivity index (χ0) is 11.4. The van der Waals surface area contributed by atoms with Gasteiger partial charge < -0.3 is 10.1 Å². The van der Waals surface area contributed by atoms with Crippen molar-refractivity contribution in [3.63, 3.8) is 0 Å². The van der Waals surface area contributed by atoms with Crippen molar-refractivity contribution >= 4 is 11.6 Å². The number of unbranched alkanes of at least 4 members (excludes halogenated alkanes) is 1. The lowest BCUT2D eigenvalue weighted by Gasteiger charge is -2.01. The summed E-state index contributed by atoms with van der Waals surface area (Å²) in [5.41, 5.74) is 0.831. The number of carbonyl (C=O) groups excluding carboxylic acids is 1. The number of para-hydroxylation sites is 1. The van der Waals surface area contributed by atoms with Crippen LogP contribution >= 0.6 is 0 Å². The molecule has 1 saturated heterocycles. The van der Waals surface area contributed by atoms with Crippen LogP contribution in [0, 0.1) is 0 Å². The number of epoxide rings is 1. The topological polar surface area (TPSA) is 41.6 Å². The normalized spacial score (nSPS) is 22.8. The van der Waals surface area contributed by atoms with Gasteiger partial charge in [0.25, 0.3) is 5.91 Å². The second-order valence-corrected chi connectivity index (χ2v) is 4.09. The summed E-state index contributed by atoms with van der Waals surface area (Å²) in [4.78, 5) is 11.7. The van der Waals surface area contributed by atoms with Gasteiger partial charge in [-0.1, -0.05) is 38.0 Å². The Morgan fingerprint density at radius 3 is 2.81 bits per heavy atom. The minimum Gasteiger partial charge on any atom is -0.359 e. The van der Waals surface area contributed by atoms with E-state index in [0.29, 0.717) is 0 Å². The van der Waals surface area contributed by atoms with Crippen LogP contribution in [0.4, 0.5) is 5.69 Å². The third kappa shape index (κ3) is 2.83. The van der Waals surface area contributed by atoms with E-state index in [2.05, 4.69) is 12.2 Å². The molecule has 1 N–H and O–H groups in total. The summed E-state index contributed by atoms with van der Waals surface area (Å²) >= 11 is 0. The van der Waals surface area contributed by atoms with Crippen LogP contribution in [-0.4, -0.2) is 18.1 Å². The zero-order valence-corrected chi connectivity index (χ0v) is 9.48. The number of benzene rings is 1. The summed E-state index contributed by atoms with van der Waals surface area (Å²) in [6.45, 7) is 2.14. The zero-order valence-electron chi connectivity index (χ0n) is 9.48. The van der Waals surface area contributed by atoms with Gasteiger partial charge >= 0.3 is 0 Å². The molecule has 0 aliphatic carbocycles. The molecule has 1 heterocycles. The minimum atomic E-state index is -0.230. The van der Waals surface area contributed by atoms with Gasteiger partial charge in [0.05, 0.1) is 6.10 Å². The van der Waals surface area contributed by atoms with Crippen molar-refractivity contribution in [1.29, 1.82) is 0 Å². The van der Waals surface area contributed by atoms with Crippen molar-refractivity contribution in [3.8, 4) is 0 Å². The highest BCUT2D eigenvalue weighted by atomic mass is 16.6. The molecule has 0 saturated carbocycles. The number of hydrogen-bond donors (Lipinski definition) is 1. The summed E-state index contributed by atoms with van der Waals surface area (Å²) in [7, 11) is 0. The Bertz CT molecular complexity index is 350. The monoisotopic (exact) mass is 219 g/mol. The van der Waals surface area contributed by atoms with E-state index in [1.54, 1.807) is 0 Å². The second kappa shape index (κ2) is 5.12. The van der Waals surface area contributed by atoms with Gasteiger partial charge in [-0.15, -0.1) is 0 Å². The Hall–Kier alpha value is -1.35. The molecular formula is C13H17NO2. The van der Waals surface area contributed by atoms with Crippen LogP contribution in [0.15, 0.2) is 30.3 Å². The molecule has 0 spiro atoms. The van der Waals surface area contributed by atoms with Crippen LogP contribution < -0.4 is 5.32 Å². The highest BCUT2D eigenvalue weighted by molar-refractivity contribution is 5.96. The molecule has 1 aliphatic heterocycles. The molecule has 1 amide bonds. The van der Waals surface area contributed by atoms with E-state index in [-0.39, 0.29) is 18.1 Å². The molecular weight excluding hydrogens is 202 g/mol. The quantitative estimate of drug-likeness (QED) is 0.773. The van der Waals surface area contributed by atoms with Crippen LogP contribution in [-0.2, 0) is 9.53 Å². The Kier molecular flexibility index (Phi) is 3.57. The van der Waals surface area contributed by atoms with Gasteiger partial charge in [0.15, 0.2) is 6.10 Å². The number of amides is 1. The van der Waals surface area contributed by atoms with Crippen molar-refractivity contribution in [2.75, 3.05) is 5.32 Å². The first-order valence-electron chi connectivity index (χ1n) is 5.82. The summed E-state index contributed by atoms with van der Waals surface area (Å²) in [6, 6.07) is 9.48. The molecule has 3 nitrogen and oxygen atoms in total. The van der Waals surface area contributed by atoms with E-state index in [4.69, 9.17) is 4.74 Å². The Balaban J connectivity index is 1.78. The number of nitrogens with one attached hydrogen (secondary N) is 1. The van der Waals surface area contributed by atoms with Crippen LogP contribution in [0.2, 0.25) is 0 Å². The van der Waals surface area contributed by atoms with E-state index in [9.17, 15) is 4.79 Å². The summed E-state index contributed by atoms with van der Waals surface area (Å²) in [5.74, 6) is -0.0210. The number of hydrogen-bond acceptors (Lipinski definition) is 2. The number of ether oxygens (including phenoxy) is 1. The summed E-state index contributed by atoms with van der Waals surface area (Å²) in [5, 5.41) is 2.85. The van der Waals surface area contributed by atoms with Crippen LogP contribution in [0.1, 0.15) is 26.2 Å². The highest BCUT2D eigenvalue weighted by Gasteiger charge is 2.44. The molecule has 16 heavy (non-hydrogen) atoms. The van der Waals surface area contributed by atoms with Crippen molar-refractivity contribution in [2.45, 2.75) is 38.4 Å². The van der Waals surface area contributed by atoms with Gasteiger partial charge in [-0.25, -0.2) is 0 Å². The number of carbonyl (C=O) groups is 1. The van der Waals surface area contributed by atoms with Gasteiger partial charge in [0, 0.05) is 5.69 Å². The smallest absolute Gasteiger partial charge is 0.256 e. The van der Waals surface area contributed by atoms with E-state index in [1.165, 1.54) is 0 Å². The highest BCUT2D eigenvalue weighted by Crippen LogP contribution is 2.28. The standard InChI is InChI=1S/C13H17NO2/c1-2-3-9-11-12(16-11)13(15)14-10-7-5-4-6-8-10/h4-8,11-12H,2-3,9H2,1H3,(H,14,15)/t11-,12-/m1/s1. The lowest BCUT2D eigenvalue weighted by molar-refractivity contribution is -0.117. The molecule has 1 aromatic carbocycles. The van der Waals surface area contributed by atoms with E-state index >= 15 is 0 Å². The van der Waals surface area contributed by atoms with Crippen molar-refractivity contribution in [1.82, 2.24) is 0 Å². The fourth-order valence-electron chi connectivity index (χ4n) is 1.73. The van der Waals surface area contributed by atoms with Gasteiger partial charge in [0.2, 0.25) is 0 Å². The number of anilines is 1. The molecule has 1 aromatic rings. The first kappa shape index (κ1) is 11.1. The fraction of sp³-hybridized carbons (Fsp3) is 0.462. The molecule has 1 aliphatic rings. The summed E-state index contributed by atoms with van der Waals surface area (Å²) in [6.07, 6.45) is 3.17. The Morgan fingerprint density at radius 2 is 2.12 bits per heavy atom. The average molecular weight is 219 g/mol. The Labute approximate surface area is 95.8 Å². The average Bonchev–Trinajstić information content (AvgIpc) is 3.07. The lowest BCUT2D eigenvalue weighted by atomic mass is 10.1. The third-order valence-corrected chi connectivity index (χ3v) is 2.72. The first-order valence-corrected chi connectivity index (χ1v) is 5.82. The van der Waals surface area contributed by atoms with E-state index in [0.717, 1.165) is 24.9 Å². The maximum atomic E-state index is 11.7. The third-order valence-electron chi connectivity index (χ3n) is 2.72. The molecule has 0 unspecified atom stereocenters. The second-order valence-electron chi connectivity index (χ2n) is 4.09. The number of rotatable bonds is 5. The van der Waals surface area contributed by atoms with Crippen molar-refractivity contribution in [3.05, 3.63) is 30.3 Å². The molecule has 86 valence electrons. The Morgan fingerprint density at radius 1 is 1.38 bits per heavy atom. The van der Waals surface area contributed by atoms with Gasteiger partial charge in [0.1, 0.15) is 0 Å². The predicted molar refractivity (Wildman–Crippen MR) is 63.3 cm³/mol. The predicted octanol–water partition coefficient (Wildman–Crippen LogP) is 2.58. The maximum Gasteiger partial charge on any atom is 0.256 e. The molecule has 2 atom stereocenters. The van der Waals surface area contributed by atoms with Gasteiger partial charge in [-0.3, -0.25) is 4.79 Å². The van der Waals surface area contributed by atoms with Gasteiger partial charge in [-0.2, -0.15) is 0 Å². The SMILES string of the molecule is CCCC[C@H]1O[C@H]1C(=O)Nc1ccccc1. The molecule has 0 bridgehead atoms. The lowest BCUT2D eigenvalue weighted by Crippen LogP contribution is -2.19. The van der Waals surface area contributed by atoms with Crippen molar-refractivity contribution < 1.29 is 9.53 Å². The molecule has 2 rings (SSSR count). The minimum absolute atomic E-state index is 0.0210. The van der Waals surface area contributed by atoms with Gasteiger partial charge in [-0.05, 0) is 18.6 Å². The fourth-order valence-corrected chi connectivity index (χ4v) is 1.73. The van der Waals surface area contributed by atoms with Crippen LogP contribution in [0.25, 0.3) is 0 Å². The first-order chi connectivity index (χ1) is 7.81. The van der Waals surface area contributed by atoms with Crippen LogP contribution in [0.3, 0.4) is 0 Å². The molecule has 0 aromatic heterocycles.